The Bertz CT molecular complexity index is 417. The van der Waals surface area contributed by atoms with Crippen LogP contribution in [0, 0.1) is 0 Å². The van der Waals surface area contributed by atoms with Gasteiger partial charge < -0.3 is 4.74 Å². The van der Waals surface area contributed by atoms with Gasteiger partial charge in [0.25, 0.3) is 0 Å². The zero-order chi connectivity index (χ0) is 9.80. The van der Waals surface area contributed by atoms with E-state index in [0.717, 1.165) is 11.2 Å². The highest BCUT2D eigenvalue weighted by Gasteiger charge is 1.99. The third kappa shape index (κ3) is 1.94. The van der Waals surface area contributed by atoms with Crippen LogP contribution in [-0.4, -0.2) is 12.8 Å². The quantitative estimate of drug-likeness (QED) is 0.651. The van der Waals surface area contributed by atoms with E-state index in [1.807, 2.05) is 50.3 Å². The number of pyridine rings is 1. The molecule has 0 N–H and O–H groups in total. The molecule has 0 aliphatic heterocycles. The van der Waals surface area contributed by atoms with Gasteiger partial charge in [0.1, 0.15) is 13.6 Å². The predicted molar refractivity (Wildman–Crippen MR) is 58.9 cm³/mol. The number of aromatic nitrogens is 1. The summed E-state index contributed by atoms with van der Waals surface area (Å²) in [6.45, 7) is 0. The number of hydrogen-bond donors (Lipinski definition) is 0. The Morgan fingerprint density at radius 2 is 1.79 bits per heavy atom. The molecule has 1 aromatic heterocycles. The van der Waals surface area contributed by atoms with Gasteiger partial charge in [-0.15, -0.1) is 0 Å². The summed E-state index contributed by atoms with van der Waals surface area (Å²) >= 11 is 0. The monoisotopic (exact) mass is 183 g/mol. The first-order valence-corrected chi connectivity index (χ1v) is 4.51. The average Bonchev–Trinajstić information content (AvgIpc) is 2.23. The van der Waals surface area contributed by atoms with Crippen LogP contribution in [0.2, 0.25) is 0 Å². The van der Waals surface area contributed by atoms with Crippen molar-refractivity contribution in [3.05, 3.63) is 48.7 Å². The molecule has 2 aromatic rings. The molecular formula is C11H10BNO. The van der Waals surface area contributed by atoms with Crippen LogP contribution in [-0.2, 0) is 0 Å². The van der Waals surface area contributed by atoms with Crippen LogP contribution in [0.3, 0.4) is 0 Å². The van der Waals surface area contributed by atoms with Gasteiger partial charge in [-0.1, -0.05) is 24.3 Å². The number of ether oxygens (including phenoxy) is 1. The Morgan fingerprint density at radius 3 is 2.50 bits per heavy atom. The molecule has 2 nitrogen and oxygen atoms in total. The van der Waals surface area contributed by atoms with E-state index < -0.39 is 0 Å². The smallest absolute Gasteiger partial charge is 0.212 e. The first-order chi connectivity index (χ1) is 6.86. The van der Waals surface area contributed by atoms with Crippen LogP contribution in [0.5, 0.6) is 11.6 Å². The second kappa shape index (κ2) is 3.96. The van der Waals surface area contributed by atoms with Gasteiger partial charge in [-0.05, 0) is 23.7 Å². The molecular weight excluding hydrogens is 173 g/mol. The first-order valence-electron chi connectivity index (χ1n) is 4.51. The highest BCUT2D eigenvalue weighted by Crippen LogP contribution is 2.15. The van der Waals surface area contributed by atoms with Gasteiger partial charge in [-0.3, -0.25) is 0 Å². The van der Waals surface area contributed by atoms with Crippen molar-refractivity contribution in [2.75, 3.05) is 0 Å². The molecule has 0 fully saturated rings. The Kier molecular flexibility index (Phi) is 2.50. The molecule has 0 unspecified atom stereocenters. The molecule has 0 amide bonds. The lowest BCUT2D eigenvalue weighted by Crippen LogP contribution is -2.07. The summed E-state index contributed by atoms with van der Waals surface area (Å²) in [6, 6.07) is 13.5. The molecule has 0 atom stereocenters. The molecule has 0 aliphatic rings. The third-order valence-electron chi connectivity index (χ3n) is 1.92. The lowest BCUT2D eigenvalue weighted by Gasteiger charge is -2.06. The lowest BCUT2D eigenvalue weighted by molar-refractivity contribution is 0.467. The van der Waals surface area contributed by atoms with Crippen molar-refractivity contribution >= 4 is 13.3 Å². The minimum Gasteiger partial charge on any atom is -0.440 e. The Morgan fingerprint density at radius 1 is 1.00 bits per heavy atom. The van der Waals surface area contributed by atoms with Crippen LogP contribution < -0.4 is 10.2 Å². The molecule has 0 radical (unpaired) electrons. The normalized spacial score (nSPS) is 9.71. The molecule has 0 saturated heterocycles. The van der Waals surface area contributed by atoms with E-state index in [2.05, 4.69) is 4.98 Å². The average molecular weight is 183 g/mol. The SMILES string of the molecule is Bc1cccnc1Oc1ccccc1. The van der Waals surface area contributed by atoms with E-state index in [4.69, 9.17) is 4.74 Å². The van der Waals surface area contributed by atoms with E-state index >= 15 is 0 Å². The summed E-state index contributed by atoms with van der Waals surface area (Å²) in [4.78, 5) is 4.15. The van der Waals surface area contributed by atoms with Gasteiger partial charge in [0.15, 0.2) is 0 Å². The van der Waals surface area contributed by atoms with Crippen LogP contribution in [0.4, 0.5) is 0 Å². The third-order valence-corrected chi connectivity index (χ3v) is 1.92. The van der Waals surface area contributed by atoms with Crippen molar-refractivity contribution in [1.82, 2.24) is 4.98 Å². The fourth-order valence-corrected chi connectivity index (χ4v) is 1.18. The van der Waals surface area contributed by atoms with Crippen molar-refractivity contribution in [3.63, 3.8) is 0 Å². The van der Waals surface area contributed by atoms with Crippen LogP contribution >= 0.6 is 0 Å². The number of hydrogen-bond acceptors (Lipinski definition) is 2. The second-order valence-electron chi connectivity index (χ2n) is 3.04. The van der Waals surface area contributed by atoms with Crippen LogP contribution in [0.25, 0.3) is 0 Å². The maximum Gasteiger partial charge on any atom is 0.212 e. The summed E-state index contributed by atoms with van der Waals surface area (Å²) in [7, 11) is 1.98. The van der Waals surface area contributed by atoms with E-state index in [1.54, 1.807) is 6.20 Å². The molecule has 68 valence electrons. The van der Waals surface area contributed by atoms with Crippen LogP contribution in [0.15, 0.2) is 48.7 Å². The van der Waals surface area contributed by atoms with Crippen molar-refractivity contribution in [2.45, 2.75) is 0 Å². The highest BCUT2D eigenvalue weighted by molar-refractivity contribution is 6.33. The predicted octanol–water partition coefficient (Wildman–Crippen LogP) is 1.13. The van der Waals surface area contributed by atoms with Gasteiger partial charge in [0, 0.05) is 6.20 Å². The van der Waals surface area contributed by atoms with Gasteiger partial charge >= 0.3 is 0 Å². The van der Waals surface area contributed by atoms with Gasteiger partial charge in [0.2, 0.25) is 5.88 Å². The van der Waals surface area contributed by atoms with E-state index in [0.29, 0.717) is 5.88 Å². The molecule has 0 spiro atoms. The number of nitrogens with zero attached hydrogens (tertiary/aromatic N) is 1. The largest absolute Gasteiger partial charge is 0.440 e. The number of benzene rings is 1. The van der Waals surface area contributed by atoms with Crippen molar-refractivity contribution in [2.24, 2.45) is 0 Å². The van der Waals surface area contributed by atoms with Crippen molar-refractivity contribution in [3.8, 4) is 11.6 Å². The molecule has 3 heteroatoms. The first kappa shape index (κ1) is 8.82. The Balaban J connectivity index is 2.24. The zero-order valence-corrected chi connectivity index (χ0v) is 7.97. The fourth-order valence-electron chi connectivity index (χ4n) is 1.18. The molecule has 0 bridgehead atoms. The summed E-state index contributed by atoms with van der Waals surface area (Å²) in [5.41, 5.74) is 1.04. The maximum absolute atomic E-state index is 5.60. The van der Waals surface area contributed by atoms with Crippen molar-refractivity contribution < 1.29 is 4.74 Å². The maximum atomic E-state index is 5.60. The molecule has 14 heavy (non-hydrogen) atoms. The zero-order valence-electron chi connectivity index (χ0n) is 7.97. The van der Waals surface area contributed by atoms with E-state index in [-0.39, 0.29) is 0 Å². The minimum absolute atomic E-state index is 0.665. The standard InChI is InChI=1S/C11H10BNO/c12-10-7-4-8-13-11(10)14-9-5-2-1-3-6-9/h1-8H,12H2. The van der Waals surface area contributed by atoms with E-state index in [9.17, 15) is 0 Å². The molecule has 2 rings (SSSR count). The summed E-state index contributed by atoms with van der Waals surface area (Å²) in [5.74, 6) is 1.48. The molecule has 0 saturated carbocycles. The number of rotatable bonds is 2. The van der Waals surface area contributed by atoms with Gasteiger partial charge in [0.05, 0.1) is 0 Å². The summed E-state index contributed by atoms with van der Waals surface area (Å²) in [5, 5.41) is 0. The molecule has 1 aromatic carbocycles. The van der Waals surface area contributed by atoms with E-state index in [1.165, 1.54) is 0 Å². The van der Waals surface area contributed by atoms with Crippen LogP contribution in [0.1, 0.15) is 0 Å². The second-order valence-corrected chi connectivity index (χ2v) is 3.04. The Hall–Kier alpha value is -1.77. The topological polar surface area (TPSA) is 22.1 Å². The van der Waals surface area contributed by atoms with Crippen molar-refractivity contribution in [1.29, 1.82) is 0 Å². The lowest BCUT2D eigenvalue weighted by atomic mass is 9.98. The van der Waals surface area contributed by atoms with Gasteiger partial charge in [-0.2, -0.15) is 0 Å². The molecule has 0 aliphatic carbocycles. The molecule has 1 heterocycles. The minimum atomic E-state index is 0.665. The fraction of sp³-hybridized carbons (Fsp3) is 0. The highest BCUT2D eigenvalue weighted by atomic mass is 16.5. The number of para-hydroxylation sites is 1. The summed E-state index contributed by atoms with van der Waals surface area (Å²) < 4.78 is 5.60. The Labute approximate surface area is 84.0 Å². The van der Waals surface area contributed by atoms with Gasteiger partial charge in [-0.25, -0.2) is 4.98 Å². The summed E-state index contributed by atoms with van der Waals surface area (Å²) in [6.07, 6.45) is 1.73.